The number of aryl methyl sites for hydroxylation is 1. The van der Waals surface area contributed by atoms with Gasteiger partial charge in [0.15, 0.2) is 0 Å². The lowest BCUT2D eigenvalue weighted by molar-refractivity contribution is 0.318. The first-order valence-corrected chi connectivity index (χ1v) is 6.74. The van der Waals surface area contributed by atoms with Crippen molar-refractivity contribution in [1.29, 1.82) is 0 Å². The maximum atomic E-state index is 3.46. The summed E-state index contributed by atoms with van der Waals surface area (Å²) in [5.74, 6) is 0.870. The fraction of sp³-hybridized carbons (Fsp3) is 0.600. The first-order valence-electron chi connectivity index (χ1n) is 6.74. The van der Waals surface area contributed by atoms with Crippen molar-refractivity contribution in [2.24, 2.45) is 5.92 Å². The van der Waals surface area contributed by atoms with Crippen LogP contribution in [0.15, 0.2) is 24.3 Å². The van der Waals surface area contributed by atoms with Gasteiger partial charge in [0.1, 0.15) is 0 Å². The van der Waals surface area contributed by atoms with Crippen LogP contribution < -0.4 is 10.6 Å². The lowest BCUT2D eigenvalue weighted by Gasteiger charge is -2.27. The molecule has 1 atom stereocenters. The average molecular weight is 232 g/mol. The molecule has 2 N–H and O–H groups in total. The highest BCUT2D eigenvalue weighted by Crippen LogP contribution is 2.26. The molecule has 0 aromatic heterocycles. The molecule has 2 nitrogen and oxygen atoms in total. The zero-order valence-electron chi connectivity index (χ0n) is 11.0. The van der Waals surface area contributed by atoms with E-state index in [9.17, 15) is 0 Å². The van der Waals surface area contributed by atoms with Gasteiger partial charge in [-0.25, -0.2) is 0 Å². The Kier molecular flexibility index (Phi) is 4.57. The monoisotopic (exact) mass is 232 g/mol. The molecule has 1 aromatic carbocycles. The number of rotatable bonds is 4. The third kappa shape index (κ3) is 3.55. The van der Waals surface area contributed by atoms with E-state index in [1.807, 2.05) is 0 Å². The molecule has 94 valence electrons. The van der Waals surface area contributed by atoms with Gasteiger partial charge in [-0.2, -0.15) is 0 Å². The van der Waals surface area contributed by atoms with E-state index in [0.29, 0.717) is 6.04 Å². The lowest BCUT2D eigenvalue weighted by atomic mass is 9.88. The molecule has 1 unspecified atom stereocenters. The van der Waals surface area contributed by atoms with Crippen molar-refractivity contribution in [2.75, 3.05) is 20.1 Å². The summed E-state index contributed by atoms with van der Waals surface area (Å²) in [5.41, 5.74) is 2.77. The van der Waals surface area contributed by atoms with Gasteiger partial charge in [-0.1, -0.05) is 29.8 Å². The van der Waals surface area contributed by atoms with Crippen molar-refractivity contribution in [3.63, 3.8) is 0 Å². The number of nitrogens with one attached hydrogen (secondary N) is 2. The van der Waals surface area contributed by atoms with Crippen LogP contribution in [0.5, 0.6) is 0 Å². The van der Waals surface area contributed by atoms with Gasteiger partial charge in [0.2, 0.25) is 0 Å². The van der Waals surface area contributed by atoms with Gasteiger partial charge in [-0.05, 0) is 57.8 Å². The summed E-state index contributed by atoms with van der Waals surface area (Å²) in [4.78, 5) is 0. The molecule has 1 fully saturated rings. The van der Waals surface area contributed by atoms with E-state index < -0.39 is 0 Å². The molecule has 1 saturated heterocycles. The van der Waals surface area contributed by atoms with Crippen LogP contribution in [0, 0.1) is 12.8 Å². The van der Waals surface area contributed by atoms with Gasteiger partial charge < -0.3 is 10.6 Å². The van der Waals surface area contributed by atoms with Gasteiger partial charge in [-0.3, -0.25) is 0 Å². The highest BCUT2D eigenvalue weighted by Gasteiger charge is 2.18. The van der Waals surface area contributed by atoms with Crippen molar-refractivity contribution >= 4 is 0 Å². The standard InChI is InChI=1S/C15H24N2/c1-12-3-5-14(6-4-12)15(16-2)11-13-7-9-17-10-8-13/h3-6,13,15-17H,7-11H2,1-2H3. The first kappa shape index (κ1) is 12.6. The number of hydrogen-bond donors (Lipinski definition) is 2. The minimum absolute atomic E-state index is 0.513. The Hall–Kier alpha value is -0.860. The molecular weight excluding hydrogens is 208 g/mol. The van der Waals surface area contributed by atoms with E-state index in [0.717, 1.165) is 5.92 Å². The Morgan fingerprint density at radius 3 is 2.47 bits per heavy atom. The van der Waals surface area contributed by atoms with Crippen LogP contribution in [-0.2, 0) is 0 Å². The van der Waals surface area contributed by atoms with Crippen molar-refractivity contribution in [1.82, 2.24) is 10.6 Å². The predicted molar refractivity (Wildman–Crippen MR) is 73.2 cm³/mol. The summed E-state index contributed by atoms with van der Waals surface area (Å²) in [6.07, 6.45) is 3.91. The van der Waals surface area contributed by atoms with Gasteiger partial charge in [0.05, 0.1) is 0 Å². The van der Waals surface area contributed by atoms with Crippen molar-refractivity contribution in [3.8, 4) is 0 Å². The zero-order chi connectivity index (χ0) is 12.1. The van der Waals surface area contributed by atoms with Gasteiger partial charge in [0.25, 0.3) is 0 Å². The molecule has 17 heavy (non-hydrogen) atoms. The average Bonchev–Trinajstić information content (AvgIpc) is 2.38. The molecule has 1 aliphatic heterocycles. The largest absolute Gasteiger partial charge is 0.317 e. The van der Waals surface area contributed by atoms with E-state index in [-0.39, 0.29) is 0 Å². The molecule has 0 radical (unpaired) electrons. The van der Waals surface area contributed by atoms with Gasteiger partial charge >= 0.3 is 0 Å². The van der Waals surface area contributed by atoms with E-state index in [4.69, 9.17) is 0 Å². The molecule has 0 amide bonds. The molecule has 1 aliphatic rings. The molecule has 2 rings (SSSR count). The topological polar surface area (TPSA) is 24.1 Å². The summed E-state index contributed by atoms with van der Waals surface area (Å²) in [6.45, 7) is 4.52. The Balaban J connectivity index is 1.97. The second-order valence-electron chi connectivity index (χ2n) is 5.18. The third-order valence-corrected chi connectivity index (χ3v) is 3.86. The predicted octanol–water partition coefficient (Wildman–Crippen LogP) is 2.65. The molecule has 0 bridgehead atoms. The van der Waals surface area contributed by atoms with Crippen LogP contribution in [0.25, 0.3) is 0 Å². The quantitative estimate of drug-likeness (QED) is 0.834. The number of hydrogen-bond acceptors (Lipinski definition) is 2. The number of benzene rings is 1. The van der Waals surface area contributed by atoms with E-state index >= 15 is 0 Å². The zero-order valence-corrected chi connectivity index (χ0v) is 11.0. The van der Waals surface area contributed by atoms with Crippen LogP contribution in [0.1, 0.15) is 36.4 Å². The molecule has 2 heteroatoms. The summed E-state index contributed by atoms with van der Waals surface area (Å²) in [5, 5.41) is 6.90. The number of piperidine rings is 1. The molecule has 1 aromatic rings. The highest BCUT2D eigenvalue weighted by atomic mass is 14.9. The van der Waals surface area contributed by atoms with Crippen LogP contribution in [0.3, 0.4) is 0 Å². The third-order valence-electron chi connectivity index (χ3n) is 3.86. The molecule has 0 saturated carbocycles. The van der Waals surface area contributed by atoms with E-state index in [1.165, 1.54) is 43.5 Å². The fourth-order valence-corrected chi connectivity index (χ4v) is 2.67. The van der Waals surface area contributed by atoms with E-state index in [2.05, 4.69) is 48.9 Å². The Morgan fingerprint density at radius 1 is 1.24 bits per heavy atom. The molecule has 0 spiro atoms. The van der Waals surface area contributed by atoms with Gasteiger partial charge in [0, 0.05) is 6.04 Å². The highest BCUT2D eigenvalue weighted by molar-refractivity contribution is 5.24. The molecule has 0 aliphatic carbocycles. The minimum Gasteiger partial charge on any atom is -0.317 e. The Morgan fingerprint density at radius 2 is 1.88 bits per heavy atom. The maximum absolute atomic E-state index is 3.46. The second kappa shape index (κ2) is 6.18. The summed E-state index contributed by atoms with van der Waals surface area (Å²) >= 11 is 0. The van der Waals surface area contributed by atoms with Crippen LogP contribution in [0.4, 0.5) is 0 Å². The van der Waals surface area contributed by atoms with Crippen LogP contribution >= 0.6 is 0 Å². The normalized spacial score (nSPS) is 19.2. The van der Waals surface area contributed by atoms with Crippen molar-refractivity contribution in [3.05, 3.63) is 35.4 Å². The second-order valence-corrected chi connectivity index (χ2v) is 5.18. The smallest absolute Gasteiger partial charge is 0.0320 e. The molecule has 1 heterocycles. The van der Waals surface area contributed by atoms with Gasteiger partial charge in [-0.15, -0.1) is 0 Å². The van der Waals surface area contributed by atoms with Crippen LogP contribution in [-0.4, -0.2) is 20.1 Å². The summed E-state index contributed by atoms with van der Waals surface area (Å²) in [7, 11) is 2.08. The minimum atomic E-state index is 0.513. The molecular formula is C15H24N2. The van der Waals surface area contributed by atoms with Crippen LogP contribution in [0.2, 0.25) is 0 Å². The summed E-state index contributed by atoms with van der Waals surface area (Å²) < 4.78 is 0. The maximum Gasteiger partial charge on any atom is 0.0320 e. The summed E-state index contributed by atoms with van der Waals surface area (Å²) in [6, 6.07) is 9.46. The fourth-order valence-electron chi connectivity index (χ4n) is 2.67. The lowest BCUT2D eigenvalue weighted by Crippen LogP contribution is -2.30. The Bertz CT molecular complexity index is 325. The first-order chi connectivity index (χ1) is 8.29. The SMILES string of the molecule is CNC(CC1CCNCC1)c1ccc(C)cc1. The van der Waals surface area contributed by atoms with Crippen molar-refractivity contribution in [2.45, 2.75) is 32.2 Å². The van der Waals surface area contributed by atoms with Crippen molar-refractivity contribution < 1.29 is 0 Å². The van der Waals surface area contributed by atoms with E-state index in [1.54, 1.807) is 0 Å². The Labute approximate surface area is 105 Å².